The average molecular weight is 369 g/mol. The van der Waals surface area contributed by atoms with Crippen LogP contribution in [0.2, 0.25) is 0 Å². The van der Waals surface area contributed by atoms with E-state index in [1.807, 2.05) is 0 Å². The molecule has 0 atom stereocenters. The largest absolute Gasteiger partial charge is 0.497 e. The Morgan fingerprint density at radius 1 is 1.19 bits per heavy atom. The van der Waals surface area contributed by atoms with Gasteiger partial charge in [0.2, 0.25) is 0 Å². The quantitative estimate of drug-likeness (QED) is 0.649. The second kappa shape index (κ2) is 7.69. The zero-order valence-electron chi connectivity index (χ0n) is 14.9. The van der Waals surface area contributed by atoms with Crippen molar-refractivity contribution in [2.75, 3.05) is 24.9 Å². The highest BCUT2D eigenvalue weighted by Crippen LogP contribution is 2.29. The van der Waals surface area contributed by atoms with Gasteiger partial charge in [0.25, 0.3) is 0 Å². The van der Waals surface area contributed by atoms with Crippen LogP contribution in [0.15, 0.2) is 58.3 Å². The summed E-state index contributed by atoms with van der Waals surface area (Å²) in [5.74, 6) is 0.601. The molecule has 0 unspecified atom stereocenters. The number of carbonyl (C=O) groups excluding carboxylic acids is 1. The van der Waals surface area contributed by atoms with Crippen molar-refractivity contribution in [2.24, 2.45) is 0 Å². The number of oxazole rings is 1. The molecule has 0 saturated heterocycles. The van der Waals surface area contributed by atoms with E-state index >= 15 is 0 Å². The minimum absolute atomic E-state index is 0.344. The molecule has 2 aromatic carbocycles. The van der Waals surface area contributed by atoms with Crippen LogP contribution < -0.4 is 25.9 Å². The third-order valence-corrected chi connectivity index (χ3v) is 3.89. The van der Waals surface area contributed by atoms with E-state index in [0.29, 0.717) is 40.5 Å². The van der Waals surface area contributed by atoms with E-state index in [9.17, 15) is 9.59 Å². The van der Waals surface area contributed by atoms with Gasteiger partial charge in [-0.25, -0.2) is 9.59 Å². The number of nitrogens with zero attached hydrogens (tertiary/aromatic N) is 1. The van der Waals surface area contributed by atoms with Crippen molar-refractivity contribution in [1.82, 2.24) is 4.57 Å². The lowest BCUT2D eigenvalue weighted by molar-refractivity contribution is 0.262. The van der Waals surface area contributed by atoms with Crippen LogP contribution in [0, 0.1) is 0 Å². The molecule has 8 nitrogen and oxygen atoms in total. The van der Waals surface area contributed by atoms with Gasteiger partial charge in [-0.15, -0.1) is 6.58 Å². The van der Waals surface area contributed by atoms with Gasteiger partial charge < -0.3 is 24.5 Å². The van der Waals surface area contributed by atoms with Crippen molar-refractivity contribution in [1.29, 1.82) is 0 Å². The summed E-state index contributed by atoms with van der Waals surface area (Å²) in [5, 5.41) is 5.40. The second-order valence-electron chi connectivity index (χ2n) is 5.60. The van der Waals surface area contributed by atoms with Crippen molar-refractivity contribution in [3.05, 3.63) is 59.6 Å². The van der Waals surface area contributed by atoms with Gasteiger partial charge in [-0.2, -0.15) is 0 Å². The molecule has 140 valence electrons. The predicted molar refractivity (Wildman–Crippen MR) is 103 cm³/mol. The number of hydrogen-bond donors (Lipinski definition) is 2. The fourth-order valence-electron chi connectivity index (χ4n) is 2.63. The molecule has 0 radical (unpaired) electrons. The molecule has 3 aromatic rings. The van der Waals surface area contributed by atoms with E-state index in [-0.39, 0.29) is 0 Å². The second-order valence-corrected chi connectivity index (χ2v) is 5.60. The van der Waals surface area contributed by atoms with Gasteiger partial charge in [0.1, 0.15) is 11.5 Å². The average Bonchev–Trinajstić information content (AvgIpc) is 2.97. The van der Waals surface area contributed by atoms with Crippen LogP contribution in [-0.2, 0) is 6.54 Å². The Bertz CT molecular complexity index is 1050. The lowest BCUT2D eigenvalue weighted by Gasteiger charge is -2.12. The van der Waals surface area contributed by atoms with Gasteiger partial charge in [0.15, 0.2) is 5.58 Å². The minimum atomic E-state index is -0.477. The van der Waals surface area contributed by atoms with E-state index in [1.54, 1.807) is 49.6 Å². The molecule has 0 spiro atoms. The summed E-state index contributed by atoms with van der Waals surface area (Å²) >= 11 is 0. The Labute approximate surface area is 155 Å². The lowest BCUT2D eigenvalue weighted by atomic mass is 10.2. The zero-order valence-corrected chi connectivity index (χ0v) is 14.9. The van der Waals surface area contributed by atoms with Gasteiger partial charge >= 0.3 is 11.8 Å². The molecule has 0 aliphatic carbocycles. The van der Waals surface area contributed by atoms with Crippen LogP contribution in [0.1, 0.15) is 0 Å². The van der Waals surface area contributed by atoms with Crippen molar-refractivity contribution in [3.63, 3.8) is 0 Å². The molecule has 0 fully saturated rings. The topological polar surface area (TPSA) is 94.7 Å². The molecule has 27 heavy (non-hydrogen) atoms. The molecule has 3 rings (SSSR count). The van der Waals surface area contributed by atoms with Gasteiger partial charge in [-0.05, 0) is 24.3 Å². The fraction of sp³-hybridized carbons (Fsp3) is 0.158. The summed E-state index contributed by atoms with van der Waals surface area (Å²) < 4.78 is 17.0. The first-order chi connectivity index (χ1) is 13.0. The Balaban J connectivity index is 1.78. The first kappa shape index (κ1) is 18.1. The highest BCUT2D eigenvalue weighted by Gasteiger charge is 2.12. The maximum Gasteiger partial charge on any atom is 0.420 e. The summed E-state index contributed by atoms with van der Waals surface area (Å²) in [6.07, 6.45) is 1.61. The molecule has 0 aliphatic rings. The summed E-state index contributed by atoms with van der Waals surface area (Å²) in [6.45, 7) is 3.96. The Kier molecular flexibility index (Phi) is 5.16. The maximum absolute atomic E-state index is 12.3. The van der Waals surface area contributed by atoms with Crippen LogP contribution >= 0.6 is 0 Å². The predicted octanol–water partition coefficient (Wildman–Crippen LogP) is 3.44. The SMILES string of the molecule is C=CCn1c(=O)oc2cc(NC(=O)Nc3ccc(OC)cc3OC)ccc21. The molecular weight excluding hydrogens is 350 g/mol. The molecule has 0 bridgehead atoms. The van der Waals surface area contributed by atoms with Crippen LogP contribution in [0.25, 0.3) is 11.1 Å². The van der Waals surface area contributed by atoms with E-state index in [2.05, 4.69) is 17.2 Å². The monoisotopic (exact) mass is 369 g/mol. The van der Waals surface area contributed by atoms with Crippen LogP contribution in [0.4, 0.5) is 16.2 Å². The van der Waals surface area contributed by atoms with E-state index in [1.165, 1.54) is 11.7 Å². The number of ether oxygens (including phenoxy) is 2. The Morgan fingerprint density at radius 3 is 2.70 bits per heavy atom. The maximum atomic E-state index is 12.3. The number of urea groups is 1. The molecule has 0 aliphatic heterocycles. The van der Waals surface area contributed by atoms with E-state index in [0.717, 1.165) is 0 Å². The van der Waals surface area contributed by atoms with Crippen molar-refractivity contribution >= 4 is 28.5 Å². The highest BCUT2D eigenvalue weighted by atomic mass is 16.5. The molecule has 2 N–H and O–H groups in total. The number of benzene rings is 2. The number of fused-ring (bicyclic) bond motifs is 1. The zero-order chi connectivity index (χ0) is 19.4. The minimum Gasteiger partial charge on any atom is -0.497 e. The molecule has 2 amide bonds. The first-order valence-electron chi connectivity index (χ1n) is 8.10. The Morgan fingerprint density at radius 2 is 2.00 bits per heavy atom. The van der Waals surface area contributed by atoms with Crippen LogP contribution in [0.5, 0.6) is 11.5 Å². The number of anilines is 2. The lowest BCUT2D eigenvalue weighted by Crippen LogP contribution is -2.19. The number of methoxy groups -OCH3 is 2. The fourth-order valence-corrected chi connectivity index (χ4v) is 2.63. The normalized spacial score (nSPS) is 10.4. The molecule has 1 heterocycles. The summed E-state index contributed by atoms with van der Waals surface area (Å²) in [5.41, 5.74) is 1.97. The molecule has 1 aromatic heterocycles. The van der Waals surface area contributed by atoms with Crippen molar-refractivity contribution in [3.8, 4) is 11.5 Å². The summed E-state index contributed by atoms with van der Waals surface area (Å²) in [6, 6.07) is 9.55. The van der Waals surface area contributed by atoms with Gasteiger partial charge in [0, 0.05) is 24.4 Å². The van der Waals surface area contributed by atoms with Crippen molar-refractivity contribution < 1.29 is 18.7 Å². The molecule has 8 heteroatoms. The van der Waals surface area contributed by atoms with Gasteiger partial charge in [0.05, 0.1) is 25.4 Å². The number of carbonyl (C=O) groups is 1. The standard InChI is InChI=1S/C19H19N3O5/c1-4-9-22-15-8-5-12(10-17(15)27-19(22)24)20-18(23)21-14-7-6-13(25-2)11-16(14)26-3/h4-8,10-11H,1,9H2,2-3H3,(H2,20,21,23). The van der Waals surface area contributed by atoms with E-state index in [4.69, 9.17) is 13.9 Å². The number of aromatic nitrogens is 1. The number of nitrogens with one attached hydrogen (secondary N) is 2. The Hall–Kier alpha value is -3.68. The smallest absolute Gasteiger partial charge is 0.420 e. The third-order valence-electron chi connectivity index (χ3n) is 3.89. The summed E-state index contributed by atoms with van der Waals surface area (Å²) in [7, 11) is 3.05. The summed E-state index contributed by atoms with van der Waals surface area (Å²) in [4.78, 5) is 24.1. The third kappa shape index (κ3) is 3.79. The highest BCUT2D eigenvalue weighted by molar-refractivity contribution is 6.01. The van der Waals surface area contributed by atoms with Crippen molar-refractivity contribution in [2.45, 2.75) is 6.54 Å². The van der Waals surface area contributed by atoms with E-state index < -0.39 is 11.8 Å². The van der Waals surface area contributed by atoms with Crippen LogP contribution in [-0.4, -0.2) is 24.8 Å². The first-order valence-corrected chi connectivity index (χ1v) is 8.10. The number of allylic oxidation sites excluding steroid dienone is 1. The van der Waals surface area contributed by atoms with Crippen LogP contribution in [0.3, 0.4) is 0 Å². The molecule has 0 saturated carbocycles. The van der Waals surface area contributed by atoms with Gasteiger partial charge in [-0.1, -0.05) is 6.08 Å². The molecular formula is C19H19N3O5. The number of amides is 2. The van der Waals surface area contributed by atoms with Gasteiger partial charge in [-0.3, -0.25) is 4.57 Å². The number of hydrogen-bond acceptors (Lipinski definition) is 5. The number of rotatable bonds is 6.